The third-order valence-corrected chi connectivity index (χ3v) is 4.09. The van der Waals surface area contributed by atoms with E-state index in [-0.39, 0.29) is 5.92 Å². The molecule has 94 valence electrons. The molecule has 0 aromatic heterocycles. The van der Waals surface area contributed by atoms with E-state index in [0.29, 0.717) is 16.9 Å². The van der Waals surface area contributed by atoms with Gasteiger partial charge < -0.3 is 10.6 Å². The van der Waals surface area contributed by atoms with Crippen LogP contribution in [0.15, 0.2) is 24.3 Å². The molecule has 0 bridgehead atoms. The van der Waals surface area contributed by atoms with Crippen molar-refractivity contribution in [2.24, 2.45) is 5.92 Å². The van der Waals surface area contributed by atoms with Crippen LogP contribution in [0.1, 0.15) is 28.8 Å². The highest BCUT2D eigenvalue weighted by Gasteiger charge is 2.30. The predicted molar refractivity (Wildman–Crippen MR) is 74.7 cm³/mol. The number of ketones is 1. The van der Waals surface area contributed by atoms with Crippen LogP contribution in [0.3, 0.4) is 0 Å². The second kappa shape index (κ2) is 4.69. The highest BCUT2D eigenvalue weighted by atomic mass is 32.1. The molecule has 1 aliphatic carbocycles. The van der Waals surface area contributed by atoms with E-state index >= 15 is 0 Å². The first kappa shape index (κ1) is 11.7. The summed E-state index contributed by atoms with van der Waals surface area (Å²) in [4.78, 5) is 12.4. The lowest BCUT2D eigenvalue weighted by Crippen LogP contribution is -2.33. The van der Waals surface area contributed by atoms with Gasteiger partial charge in [-0.15, -0.1) is 0 Å². The Morgan fingerprint density at radius 2 is 2.17 bits per heavy atom. The van der Waals surface area contributed by atoms with Crippen molar-refractivity contribution >= 4 is 23.1 Å². The smallest absolute Gasteiger partial charge is 0.166 e. The zero-order chi connectivity index (χ0) is 12.5. The molecule has 1 aliphatic heterocycles. The number of Topliss-reactive ketones (excluding diaryl/α,β-unsaturated/α-hetero) is 1. The average molecular weight is 260 g/mol. The maximum absolute atomic E-state index is 12.4. The molecular weight excluding hydrogens is 244 g/mol. The minimum atomic E-state index is 0.139. The highest BCUT2D eigenvalue weighted by Crippen LogP contribution is 2.28. The van der Waals surface area contributed by atoms with Gasteiger partial charge >= 0.3 is 0 Å². The Balaban J connectivity index is 1.73. The van der Waals surface area contributed by atoms with Gasteiger partial charge in [-0.05, 0) is 37.0 Å². The van der Waals surface area contributed by atoms with Crippen molar-refractivity contribution in [2.45, 2.75) is 25.3 Å². The normalized spacial score (nSPS) is 26.4. The number of benzene rings is 1. The molecule has 3 nitrogen and oxygen atoms in total. The van der Waals surface area contributed by atoms with Crippen molar-refractivity contribution in [3.05, 3.63) is 35.4 Å². The fourth-order valence-corrected chi connectivity index (χ4v) is 3.12. The van der Waals surface area contributed by atoms with Crippen molar-refractivity contribution in [2.75, 3.05) is 6.54 Å². The van der Waals surface area contributed by atoms with Gasteiger partial charge in [-0.1, -0.05) is 24.3 Å². The van der Waals surface area contributed by atoms with Crippen molar-refractivity contribution in [3.63, 3.8) is 0 Å². The summed E-state index contributed by atoms with van der Waals surface area (Å²) in [6.07, 6.45) is 2.85. The number of aryl methyl sites for hydroxylation is 1. The number of thiocarbonyl (C=S) groups is 1. The van der Waals surface area contributed by atoms with Crippen LogP contribution < -0.4 is 10.6 Å². The molecule has 0 spiro atoms. The molecule has 1 unspecified atom stereocenters. The fraction of sp³-hybridized carbons (Fsp3) is 0.429. The van der Waals surface area contributed by atoms with E-state index in [1.807, 2.05) is 18.2 Å². The van der Waals surface area contributed by atoms with E-state index in [2.05, 4.69) is 16.7 Å². The van der Waals surface area contributed by atoms with Gasteiger partial charge in [0.15, 0.2) is 10.9 Å². The summed E-state index contributed by atoms with van der Waals surface area (Å²) in [7, 11) is 0. The maximum atomic E-state index is 12.4. The summed E-state index contributed by atoms with van der Waals surface area (Å²) in [5.41, 5.74) is 2.12. The topological polar surface area (TPSA) is 41.1 Å². The van der Waals surface area contributed by atoms with Crippen LogP contribution in [0.2, 0.25) is 0 Å². The molecule has 2 N–H and O–H groups in total. The van der Waals surface area contributed by atoms with E-state index in [0.717, 1.165) is 31.4 Å². The van der Waals surface area contributed by atoms with Gasteiger partial charge in [0.1, 0.15) is 0 Å². The van der Waals surface area contributed by atoms with Crippen molar-refractivity contribution in [3.8, 4) is 0 Å². The Kier molecular flexibility index (Phi) is 3.04. The van der Waals surface area contributed by atoms with Gasteiger partial charge in [-0.2, -0.15) is 0 Å². The van der Waals surface area contributed by atoms with Crippen LogP contribution in [-0.4, -0.2) is 23.5 Å². The third-order valence-electron chi connectivity index (χ3n) is 3.83. The largest absolute Gasteiger partial charge is 0.361 e. The average Bonchev–Trinajstić information content (AvgIpc) is 2.79. The first-order chi connectivity index (χ1) is 8.74. The number of carbonyl (C=O) groups excluding carboxylic acids is 1. The van der Waals surface area contributed by atoms with Crippen molar-refractivity contribution in [1.29, 1.82) is 0 Å². The van der Waals surface area contributed by atoms with Crippen LogP contribution in [-0.2, 0) is 6.42 Å². The standard InChI is InChI=1S/C14H16N2OS/c17-13-10(7-11-8-15-14(18)16-11)6-5-9-3-1-2-4-12(9)13/h1-4,10-11H,5-8H2,(H2,15,16,18)/t10-,11?/m0/s1. The van der Waals surface area contributed by atoms with Crippen LogP contribution in [0.5, 0.6) is 0 Å². The molecule has 2 aliphatic rings. The SMILES string of the molecule is O=C1c2ccccc2CC[C@H]1CC1CNC(=S)N1. The first-order valence-electron chi connectivity index (χ1n) is 6.40. The van der Waals surface area contributed by atoms with Crippen molar-refractivity contribution < 1.29 is 4.79 Å². The first-order valence-corrected chi connectivity index (χ1v) is 6.81. The van der Waals surface area contributed by atoms with Gasteiger partial charge in [0.05, 0.1) is 0 Å². The van der Waals surface area contributed by atoms with Gasteiger partial charge in [-0.3, -0.25) is 4.79 Å². The lowest BCUT2D eigenvalue weighted by atomic mass is 9.80. The zero-order valence-corrected chi connectivity index (χ0v) is 10.9. The highest BCUT2D eigenvalue weighted by molar-refractivity contribution is 7.80. The Morgan fingerprint density at radius 1 is 1.33 bits per heavy atom. The molecule has 2 atom stereocenters. The monoisotopic (exact) mass is 260 g/mol. The fourth-order valence-electron chi connectivity index (χ4n) is 2.87. The van der Waals surface area contributed by atoms with Crippen LogP contribution in [0.25, 0.3) is 0 Å². The minimum absolute atomic E-state index is 0.139. The molecule has 0 saturated carbocycles. The molecule has 18 heavy (non-hydrogen) atoms. The number of fused-ring (bicyclic) bond motifs is 1. The van der Waals surface area contributed by atoms with Gasteiger partial charge in [0, 0.05) is 24.1 Å². The van der Waals surface area contributed by atoms with Crippen LogP contribution in [0.4, 0.5) is 0 Å². The Morgan fingerprint density at radius 3 is 2.94 bits per heavy atom. The van der Waals surface area contributed by atoms with Crippen LogP contribution in [0, 0.1) is 5.92 Å². The second-order valence-corrected chi connectivity index (χ2v) is 5.45. The van der Waals surface area contributed by atoms with E-state index in [1.54, 1.807) is 0 Å². The van der Waals surface area contributed by atoms with Gasteiger partial charge in [0.2, 0.25) is 0 Å². The molecule has 3 rings (SSSR count). The third kappa shape index (κ3) is 2.12. The zero-order valence-electron chi connectivity index (χ0n) is 10.1. The van der Waals surface area contributed by atoms with E-state index in [9.17, 15) is 4.79 Å². The van der Waals surface area contributed by atoms with Gasteiger partial charge in [0.25, 0.3) is 0 Å². The van der Waals surface area contributed by atoms with E-state index in [1.165, 1.54) is 5.56 Å². The maximum Gasteiger partial charge on any atom is 0.166 e. The number of hydrogen-bond donors (Lipinski definition) is 2. The summed E-state index contributed by atoms with van der Waals surface area (Å²) in [5, 5.41) is 7.03. The Hall–Kier alpha value is -1.42. The van der Waals surface area contributed by atoms with Gasteiger partial charge in [-0.25, -0.2) is 0 Å². The molecule has 1 saturated heterocycles. The lowest BCUT2D eigenvalue weighted by molar-refractivity contribution is 0.0888. The Bertz CT molecular complexity index is 500. The molecule has 1 heterocycles. The Labute approximate surface area is 112 Å². The number of rotatable bonds is 2. The summed E-state index contributed by atoms with van der Waals surface area (Å²) in [6.45, 7) is 0.838. The molecule has 1 aromatic carbocycles. The molecule has 1 aromatic rings. The predicted octanol–water partition coefficient (Wildman–Crippen LogP) is 1.67. The molecule has 1 fully saturated rings. The number of carbonyl (C=O) groups is 1. The van der Waals surface area contributed by atoms with Crippen molar-refractivity contribution in [1.82, 2.24) is 10.6 Å². The quantitative estimate of drug-likeness (QED) is 0.794. The van der Waals surface area contributed by atoms with E-state index < -0.39 is 0 Å². The summed E-state index contributed by atoms with van der Waals surface area (Å²) in [6, 6.07) is 8.27. The minimum Gasteiger partial charge on any atom is -0.361 e. The second-order valence-electron chi connectivity index (χ2n) is 5.04. The molecular formula is C14H16N2OS. The summed E-state index contributed by atoms with van der Waals surface area (Å²) in [5.74, 6) is 0.441. The lowest BCUT2D eigenvalue weighted by Gasteiger charge is -2.25. The number of hydrogen-bond acceptors (Lipinski definition) is 2. The summed E-state index contributed by atoms with van der Waals surface area (Å²) >= 11 is 5.05. The number of nitrogens with one attached hydrogen (secondary N) is 2. The van der Waals surface area contributed by atoms with E-state index in [4.69, 9.17) is 12.2 Å². The molecule has 0 amide bonds. The van der Waals surface area contributed by atoms with Crippen LogP contribution >= 0.6 is 12.2 Å². The molecule has 4 heteroatoms. The summed E-state index contributed by atoms with van der Waals surface area (Å²) < 4.78 is 0. The molecule has 0 radical (unpaired) electrons.